The molecule has 1 N–H and O–H groups in total. The number of hydrogen-bond acceptors (Lipinski definition) is 3. The minimum Gasteiger partial charge on any atom is -0.493 e. The van der Waals surface area contributed by atoms with E-state index in [2.05, 4.69) is 27.0 Å². The van der Waals surface area contributed by atoms with E-state index in [0.717, 1.165) is 40.5 Å². The van der Waals surface area contributed by atoms with E-state index in [9.17, 15) is 0 Å². The lowest BCUT2D eigenvalue weighted by molar-refractivity contribution is 0.295. The van der Waals surface area contributed by atoms with Crippen LogP contribution in [-0.2, 0) is 19.9 Å². The first kappa shape index (κ1) is 12.7. The van der Waals surface area contributed by atoms with Crippen LogP contribution < -0.4 is 4.74 Å². The molecule has 100 valence electrons. The van der Waals surface area contributed by atoms with Crippen molar-refractivity contribution in [3.63, 3.8) is 0 Å². The fourth-order valence-electron chi connectivity index (χ4n) is 2.36. The van der Waals surface area contributed by atoms with Gasteiger partial charge in [-0.2, -0.15) is 0 Å². The third-order valence-electron chi connectivity index (χ3n) is 3.42. The van der Waals surface area contributed by atoms with Gasteiger partial charge in [-0.1, -0.05) is 0 Å². The lowest BCUT2D eigenvalue weighted by atomic mass is 10.1. The number of rotatable bonds is 3. The predicted octanol–water partition coefficient (Wildman–Crippen LogP) is 2.32. The van der Waals surface area contributed by atoms with Crippen LogP contribution in [0.4, 0.5) is 0 Å². The summed E-state index contributed by atoms with van der Waals surface area (Å²) in [5, 5.41) is 9.06. The molecule has 2 heterocycles. The fraction of sp³-hybridized carbons (Fsp3) is 0.357. The summed E-state index contributed by atoms with van der Waals surface area (Å²) in [5.74, 6) is 1.85. The van der Waals surface area contributed by atoms with Crippen molar-refractivity contribution < 1.29 is 9.84 Å². The maximum Gasteiger partial charge on any atom is 0.122 e. The van der Waals surface area contributed by atoms with Gasteiger partial charge in [0.05, 0.1) is 13.2 Å². The number of fused-ring (bicyclic) bond motifs is 1. The highest BCUT2D eigenvalue weighted by molar-refractivity contribution is 9.10. The Kier molecular flexibility index (Phi) is 3.33. The summed E-state index contributed by atoms with van der Waals surface area (Å²) in [7, 11) is 1.95. The van der Waals surface area contributed by atoms with Gasteiger partial charge in [-0.25, -0.2) is 4.98 Å². The van der Waals surface area contributed by atoms with Crippen LogP contribution in [-0.4, -0.2) is 27.9 Å². The number of aromatic nitrogens is 2. The number of aliphatic hydroxyl groups is 1. The third kappa shape index (κ3) is 2.17. The zero-order chi connectivity index (χ0) is 13.4. The maximum absolute atomic E-state index is 9.06. The van der Waals surface area contributed by atoms with Crippen molar-refractivity contribution in [2.45, 2.75) is 12.8 Å². The van der Waals surface area contributed by atoms with Crippen LogP contribution in [0.3, 0.4) is 0 Å². The number of ether oxygens (including phenoxy) is 1. The Hall–Kier alpha value is -1.33. The van der Waals surface area contributed by atoms with Crippen molar-refractivity contribution in [1.82, 2.24) is 9.55 Å². The van der Waals surface area contributed by atoms with Gasteiger partial charge in [-0.3, -0.25) is 0 Å². The van der Waals surface area contributed by atoms with E-state index >= 15 is 0 Å². The Balaban J connectivity index is 2.04. The summed E-state index contributed by atoms with van der Waals surface area (Å²) in [6.45, 7) is 0.868. The lowest BCUT2D eigenvalue weighted by Crippen LogP contribution is -2.00. The second-order valence-corrected chi connectivity index (χ2v) is 5.37. The van der Waals surface area contributed by atoms with Gasteiger partial charge in [-0.15, -0.1) is 0 Å². The molecule has 1 aliphatic rings. The summed E-state index contributed by atoms with van der Waals surface area (Å²) in [4.78, 5) is 4.61. The van der Waals surface area contributed by atoms with Crippen LogP contribution in [0.25, 0.3) is 11.3 Å². The first-order valence-electron chi connectivity index (χ1n) is 6.28. The molecule has 0 saturated heterocycles. The Morgan fingerprint density at radius 3 is 3.11 bits per heavy atom. The van der Waals surface area contributed by atoms with Gasteiger partial charge in [0.2, 0.25) is 0 Å². The second-order valence-electron chi connectivity index (χ2n) is 4.62. The van der Waals surface area contributed by atoms with E-state index in [1.165, 1.54) is 5.56 Å². The van der Waals surface area contributed by atoms with Gasteiger partial charge in [0.1, 0.15) is 21.9 Å². The molecule has 0 amide bonds. The van der Waals surface area contributed by atoms with Crippen LogP contribution in [0.2, 0.25) is 0 Å². The second kappa shape index (κ2) is 4.98. The molecule has 3 rings (SSSR count). The highest BCUT2D eigenvalue weighted by Crippen LogP contribution is 2.33. The minimum absolute atomic E-state index is 0.106. The molecule has 2 aromatic rings. The van der Waals surface area contributed by atoms with Gasteiger partial charge >= 0.3 is 0 Å². The number of benzene rings is 1. The summed E-state index contributed by atoms with van der Waals surface area (Å²) in [6, 6.07) is 6.17. The molecule has 0 bridgehead atoms. The van der Waals surface area contributed by atoms with Crippen molar-refractivity contribution in [2.24, 2.45) is 7.05 Å². The van der Waals surface area contributed by atoms with E-state index < -0.39 is 0 Å². The summed E-state index contributed by atoms with van der Waals surface area (Å²) >= 11 is 3.58. The SMILES string of the molecule is Cn1c(CCO)nc(-c2ccc3c(c2)CCO3)c1Br. The van der Waals surface area contributed by atoms with Crippen LogP contribution in [0.1, 0.15) is 11.4 Å². The number of halogens is 1. The zero-order valence-corrected chi connectivity index (χ0v) is 12.3. The molecule has 1 aromatic carbocycles. The molecule has 1 aromatic heterocycles. The Morgan fingerprint density at radius 1 is 1.47 bits per heavy atom. The van der Waals surface area contributed by atoms with Crippen molar-refractivity contribution in [1.29, 1.82) is 0 Å². The quantitative estimate of drug-likeness (QED) is 0.943. The smallest absolute Gasteiger partial charge is 0.122 e. The highest BCUT2D eigenvalue weighted by atomic mass is 79.9. The summed E-state index contributed by atoms with van der Waals surface area (Å²) < 4.78 is 8.42. The van der Waals surface area contributed by atoms with Gasteiger partial charge in [0.25, 0.3) is 0 Å². The molecule has 0 fully saturated rings. The van der Waals surface area contributed by atoms with Crippen LogP contribution in [0.5, 0.6) is 5.75 Å². The predicted molar refractivity (Wildman–Crippen MR) is 76.3 cm³/mol. The largest absolute Gasteiger partial charge is 0.493 e. The van der Waals surface area contributed by atoms with Gasteiger partial charge < -0.3 is 14.4 Å². The van der Waals surface area contributed by atoms with Gasteiger partial charge in [0.15, 0.2) is 0 Å². The monoisotopic (exact) mass is 322 g/mol. The molecule has 0 radical (unpaired) electrons. The highest BCUT2D eigenvalue weighted by Gasteiger charge is 2.17. The molecule has 19 heavy (non-hydrogen) atoms. The summed E-state index contributed by atoms with van der Waals surface area (Å²) in [5.41, 5.74) is 3.23. The van der Waals surface area contributed by atoms with Gasteiger partial charge in [-0.05, 0) is 39.7 Å². The van der Waals surface area contributed by atoms with Crippen LogP contribution in [0, 0.1) is 0 Å². The molecule has 5 heteroatoms. The van der Waals surface area contributed by atoms with Crippen molar-refractivity contribution >= 4 is 15.9 Å². The molecule has 0 unspecified atom stereocenters. The zero-order valence-electron chi connectivity index (χ0n) is 10.7. The maximum atomic E-state index is 9.06. The Morgan fingerprint density at radius 2 is 2.32 bits per heavy atom. The Bertz CT molecular complexity index is 622. The van der Waals surface area contributed by atoms with E-state index in [1.54, 1.807) is 0 Å². The van der Waals surface area contributed by atoms with Gasteiger partial charge in [0, 0.05) is 25.5 Å². The third-order valence-corrected chi connectivity index (χ3v) is 4.32. The standard InChI is InChI=1S/C14H15BrN2O2/c1-17-12(4-6-18)16-13(14(17)15)10-2-3-11-9(8-10)5-7-19-11/h2-3,8,18H,4-7H2,1H3. The number of aliphatic hydroxyl groups excluding tert-OH is 1. The number of hydrogen-bond donors (Lipinski definition) is 1. The first-order chi connectivity index (χ1) is 9.20. The van der Waals surface area contributed by atoms with E-state index in [4.69, 9.17) is 9.84 Å². The number of nitrogens with zero attached hydrogens (tertiary/aromatic N) is 2. The molecular formula is C14H15BrN2O2. The topological polar surface area (TPSA) is 47.3 Å². The van der Waals surface area contributed by atoms with Crippen molar-refractivity contribution in [3.8, 4) is 17.0 Å². The van der Waals surface area contributed by atoms with Crippen LogP contribution in [0.15, 0.2) is 22.8 Å². The molecule has 0 atom stereocenters. The molecule has 0 saturated carbocycles. The lowest BCUT2D eigenvalue weighted by Gasteiger charge is -2.02. The van der Waals surface area contributed by atoms with E-state index in [0.29, 0.717) is 6.42 Å². The van der Waals surface area contributed by atoms with Crippen molar-refractivity contribution in [3.05, 3.63) is 34.2 Å². The Labute approximate surface area is 120 Å². The molecule has 1 aliphatic heterocycles. The normalized spacial score (nSPS) is 13.4. The average molecular weight is 323 g/mol. The average Bonchev–Trinajstić information content (AvgIpc) is 2.98. The summed E-state index contributed by atoms with van der Waals surface area (Å²) in [6.07, 6.45) is 1.51. The van der Waals surface area contributed by atoms with E-state index in [1.807, 2.05) is 23.7 Å². The van der Waals surface area contributed by atoms with Crippen LogP contribution >= 0.6 is 15.9 Å². The molecule has 4 nitrogen and oxygen atoms in total. The molecular weight excluding hydrogens is 308 g/mol. The van der Waals surface area contributed by atoms with E-state index in [-0.39, 0.29) is 6.61 Å². The first-order valence-corrected chi connectivity index (χ1v) is 7.08. The minimum atomic E-state index is 0.106. The number of imidazole rings is 1. The fourth-order valence-corrected chi connectivity index (χ4v) is 2.89. The molecule has 0 aliphatic carbocycles. The molecule has 0 spiro atoms. The van der Waals surface area contributed by atoms with Crippen molar-refractivity contribution in [2.75, 3.05) is 13.2 Å².